The van der Waals surface area contributed by atoms with Gasteiger partial charge in [-0.05, 0) is 12.1 Å². The number of hydrogen-bond donors (Lipinski definition) is 1. The van der Waals surface area contributed by atoms with Crippen molar-refractivity contribution in [2.45, 2.75) is 13.2 Å². The molecule has 0 atom stereocenters. The summed E-state index contributed by atoms with van der Waals surface area (Å²) in [7, 11) is 0. The summed E-state index contributed by atoms with van der Waals surface area (Å²) in [4.78, 5) is 0. The largest absolute Gasteiger partial charge is 0.488 e. The molecule has 0 fully saturated rings. The predicted molar refractivity (Wildman–Crippen MR) is 63.1 cm³/mol. The minimum atomic E-state index is -0.904. The fourth-order valence-electron chi connectivity index (χ4n) is 1.59. The lowest BCUT2D eigenvalue weighted by atomic mass is 10.2. The highest BCUT2D eigenvalue weighted by molar-refractivity contribution is 5.33. The summed E-state index contributed by atoms with van der Waals surface area (Å²) < 4.78 is 31.7. The van der Waals surface area contributed by atoms with Gasteiger partial charge in [-0.2, -0.15) is 0 Å². The van der Waals surface area contributed by atoms with Gasteiger partial charge in [-0.25, -0.2) is 8.78 Å². The molecule has 0 bridgehead atoms. The summed E-state index contributed by atoms with van der Waals surface area (Å²) >= 11 is 0. The van der Waals surface area contributed by atoms with E-state index < -0.39 is 11.6 Å². The van der Waals surface area contributed by atoms with Crippen molar-refractivity contribution in [1.82, 2.24) is 0 Å². The standard InChI is InChI=1S/C14H12F2O2/c15-12-6-3-5-11(14(12)16)9-18-13-7-2-1-4-10(13)8-17/h1-7,17H,8-9H2. The molecule has 2 nitrogen and oxygen atoms in total. The van der Waals surface area contributed by atoms with Crippen molar-refractivity contribution in [3.8, 4) is 5.75 Å². The Kier molecular flexibility index (Phi) is 3.89. The van der Waals surface area contributed by atoms with Crippen molar-refractivity contribution in [2.75, 3.05) is 0 Å². The van der Waals surface area contributed by atoms with Gasteiger partial charge in [0.05, 0.1) is 6.61 Å². The number of ether oxygens (including phenoxy) is 1. The summed E-state index contributed by atoms with van der Waals surface area (Å²) in [6.45, 7) is -0.248. The molecule has 0 aliphatic rings. The zero-order valence-electron chi connectivity index (χ0n) is 9.57. The molecule has 1 N–H and O–H groups in total. The molecule has 0 unspecified atom stereocenters. The van der Waals surface area contributed by atoms with Gasteiger partial charge < -0.3 is 9.84 Å². The second kappa shape index (κ2) is 5.60. The van der Waals surface area contributed by atoms with Crippen molar-refractivity contribution in [2.24, 2.45) is 0 Å². The van der Waals surface area contributed by atoms with E-state index in [9.17, 15) is 8.78 Å². The maximum atomic E-state index is 13.4. The topological polar surface area (TPSA) is 29.5 Å². The van der Waals surface area contributed by atoms with E-state index in [2.05, 4.69) is 0 Å². The molecule has 2 aromatic rings. The Morgan fingerprint density at radius 2 is 1.67 bits per heavy atom. The first-order chi connectivity index (χ1) is 8.72. The number of hydrogen-bond acceptors (Lipinski definition) is 2. The van der Waals surface area contributed by atoms with Crippen molar-refractivity contribution in [1.29, 1.82) is 0 Å². The number of aliphatic hydroxyl groups is 1. The van der Waals surface area contributed by atoms with Gasteiger partial charge in [-0.1, -0.05) is 30.3 Å². The molecule has 4 heteroatoms. The average Bonchev–Trinajstić information content (AvgIpc) is 2.41. The van der Waals surface area contributed by atoms with Crippen molar-refractivity contribution in [3.63, 3.8) is 0 Å². The maximum Gasteiger partial charge on any atom is 0.165 e. The Morgan fingerprint density at radius 1 is 0.944 bits per heavy atom. The van der Waals surface area contributed by atoms with E-state index in [0.717, 1.165) is 6.07 Å². The fourth-order valence-corrected chi connectivity index (χ4v) is 1.59. The molecular weight excluding hydrogens is 238 g/mol. The predicted octanol–water partition coefficient (Wildman–Crippen LogP) is 3.04. The summed E-state index contributed by atoms with van der Waals surface area (Å²) in [5, 5.41) is 9.10. The third kappa shape index (κ3) is 2.65. The SMILES string of the molecule is OCc1ccccc1OCc1cccc(F)c1F. The van der Waals surface area contributed by atoms with Crippen LogP contribution in [0.15, 0.2) is 42.5 Å². The molecule has 2 aromatic carbocycles. The minimum absolute atomic E-state index is 0.0827. The van der Waals surface area contributed by atoms with Gasteiger partial charge in [-0.15, -0.1) is 0 Å². The van der Waals surface area contributed by atoms with Crippen molar-refractivity contribution in [3.05, 3.63) is 65.2 Å². The van der Waals surface area contributed by atoms with Crippen LogP contribution in [-0.2, 0) is 13.2 Å². The van der Waals surface area contributed by atoms with Crippen molar-refractivity contribution >= 4 is 0 Å². The third-order valence-electron chi connectivity index (χ3n) is 2.56. The van der Waals surface area contributed by atoms with Gasteiger partial charge in [0.2, 0.25) is 0 Å². The second-order valence-electron chi connectivity index (χ2n) is 3.77. The van der Waals surface area contributed by atoms with Crippen LogP contribution in [0.4, 0.5) is 8.78 Å². The van der Waals surface area contributed by atoms with E-state index in [-0.39, 0.29) is 18.8 Å². The monoisotopic (exact) mass is 250 g/mol. The summed E-state index contributed by atoms with van der Waals surface area (Å²) in [6, 6.07) is 10.8. The average molecular weight is 250 g/mol. The Hall–Kier alpha value is -1.94. The van der Waals surface area contributed by atoms with Crippen LogP contribution in [0.3, 0.4) is 0 Å². The van der Waals surface area contributed by atoms with E-state index in [4.69, 9.17) is 9.84 Å². The molecular formula is C14H12F2O2. The Morgan fingerprint density at radius 3 is 2.44 bits per heavy atom. The quantitative estimate of drug-likeness (QED) is 0.903. The number of rotatable bonds is 4. The molecule has 18 heavy (non-hydrogen) atoms. The highest BCUT2D eigenvalue weighted by Gasteiger charge is 2.09. The molecule has 0 aromatic heterocycles. The lowest BCUT2D eigenvalue weighted by molar-refractivity contribution is 0.256. The lowest BCUT2D eigenvalue weighted by Crippen LogP contribution is -2.02. The molecule has 0 heterocycles. The number of benzene rings is 2. The summed E-state index contributed by atoms with van der Waals surface area (Å²) in [5.74, 6) is -1.34. The number of para-hydroxylation sites is 1. The van der Waals surface area contributed by atoms with Gasteiger partial charge in [0.25, 0.3) is 0 Å². The van der Waals surface area contributed by atoms with Gasteiger partial charge in [-0.3, -0.25) is 0 Å². The van der Waals surface area contributed by atoms with E-state index in [1.807, 2.05) is 0 Å². The Labute approximate surface area is 103 Å². The highest BCUT2D eigenvalue weighted by atomic mass is 19.2. The second-order valence-corrected chi connectivity index (χ2v) is 3.77. The summed E-state index contributed by atoms with van der Waals surface area (Å²) in [5.41, 5.74) is 0.747. The normalized spacial score (nSPS) is 10.4. The maximum absolute atomic E-state index is 13.4. The van der Waals surface area contributed by atoms with Crippen LogP contribution >= 0.6 is 0 Å². The molecule has 0 aliphatic carbocycles. The van der Waals surface area contributed by atoms with E-state index >= 15 is 0 Å². The first kappa shape index (κ1) is 12.5. The van der Waals surface area contributed by atoms with Crippen LogP contribution in [0, 0.1) is 11.6 Å². The minimum Gasteiger partial charge on any atom is -0.488 e. The zero-order valence-corrected chi connectivity index (χ0v) is 9.57. The smallest absolute Gasteiger partial charge is 0.165 e. The molecule has 94 valence electrons. The Bertz CT molecular complexity index is 541. The van der Waals surface area contributed by atoms with Crippen LogP contribution in [0.5, 0.6) is 5.75 Å². The zero-order chi connectivity index (χ0) is 13.0. The van der Waals surface area contributed by atoms with Crippen LogP contribution in [0.1, 0.15) is 11.1 Å². The molecule has 0 saturated heterocycles. The van der Waals surface area contributed by atoms with E-state index in [1.165, 1.54) is 12.1 Å². The van der Waals surface area contributed by atoms with Gasteiger partial charge >= 0.3 is 0 Å². The van der Waals surface area contributed by atoms with Crippen molar-refractivity contribution < 1.29 is 18.6 Å². The third-order valence-corrected chi connectivity index (χ3v) is 2.56. The fraction of sp³-hybridized carbons (Fsp3) is 0.143. The van der Waals surface area contributed by atoms with Crippen LogP contribution in [0.25, 0.3) is 0 Å². The first-order valence-electron chi connectivity index (χ1n) is 5.47. The van der Waals surface area contributed by atoms with Gasteiger partial charge in [0, 0.05) is 11.1 Å². The highest BCUT2D eigenvalue weighted by Crippen LogP contribution is 2.20. The molecule has 2 rings (SSSR count). The first-order valence-corrected chi connectivity index (χ1v) is 5.47. The molecule has 0 aliphatic heterocycles. The van der Waals surface area contributed by atoms with Gasteiger partial charge in [0.15, 0.2) is 11.6 Å². The van der Waals surface area contributed by atoms with Crippen LogP contribution in [-0.4, -0.2) is 5.11 Å². The van der Waals surface area contributed by atoms with Crippen LogP contribution in [0.2, 0.25) is 0 Å². The van der Waals surface area contributed by atoms with Crippen LogP contribution < -0.4 is 4.74 Å². The lowest BCUT2D eigenvalue weighted by Gasteiger charge is -2.10. The molecule has 0 amide bonds. The van der Waals surface area contributed by atoms with E-state index in [1.54, 1.807) is 24.3 Å². The van der Waals surface area contributed by atoms with E-state index in [0.29, 0.717) is 11.3 Å². The summed E-state index contributed by atoms with van der Waals surface area (Å²) in [6.07, 6.45) is 0. The Balaban J connectivity index is 2.14. The number of aliphatic hydroxyl groups excluding tert-OH is 1. The van der Waals surface area contributed by atoms with Gasteiger partial charge in [0.1, 0.15) is 12.4 Å². The molecule has 0 radical (unpaired) electrons. The molecule has 0 saturated carbocycles. The molecule has 0 spiro atoms. The number of halogens is 2.